The number of ether oxygens (including phenoxy) is 1. The Hall–Kier alpha value is -3.40. The highest BCUT2D eigenvalue weighted by Gasteiger charge is 2.15. The van der Waals surface area contributed by atoms with E-state index in [4.69, 9.17) is 16.3 Å². The molecule has 0 heterocycles. The second kappa shape index (κ2) is 10.1. The predicted octanol–water partition coefficient (Wildman–Crippen LogP) is 6.18. The number of nitrogens with one attached hydrogen (secondary N) is 1. The molecule has 0 unspecified atom stereocenters. The van der Waals surface area contributed by atoms with E-state index in [2.05, 4.69) is 21.2 Å². The molecule has 0 saturated heterocycles. The molecule has 0 bridgehead atoms. The van der Waals surface area contributed by atoms with Crippen molar-refractivity contribution in [1.82, 2.24) is 0 Å². The number of amides is 1. The minimum absolute atomic E-state index is 0.161. The van der Waals surface area contributed by atoms with Crippen LogP contribution in [0, 0.1) is 18.3 Å². The first-order chi connectivity index (χ1) is 14.9. The first-order valence-electron chi connectivity index (χ1n) is 9.13. The molecule has 0 atom stereocenters. The maximum absolute atomic E-state index is 12.6. The number of carbonyl (C=O) groups excluding carboxylic acids is 2. The second-order valence-electron chi connectivity index (χ2n) is 6.57. The van der Waals surface area contributed by atoms with Crippen LogP contribution in [0.3, 0.4) is 0 Å². The van der Waals surface area contributed by atoms with Crippen LogP contribution in [-0.4, -0.2) is 11.9 Å². The van der Waals surface area contributed by atoms with Gasteiger partial charge in [0.1, 0.15) is 17.4 Å². The average molecular weight is 496 g/mol. The van der Waals surface area contributed by atoms with E-state index in [0.29, 0.717) is 26.3 Å². The Labute approximate surface area is 193 Å². The summed E-state index contributed by atoms with van der Waals surface area (Å²) in [6, 6.07) is 20.4. The zero-order chi connectivity index (χ0) is 22.4. The molecule has 0 radical (unpaired) electrons. The maximum atomic E-state index is 12.6. The van der Waals surface area contributed by atoms with E-state index in [9.17, 15) is 14.9 Å². The highest BCUT2D eigenvalue weighted by Crippen LogP contribution is 2.27. The molecule has 3 rings (SSSR count). The van der Waals surface area contributed by atoms with E-state index in [1.807, 2.05) is 25.1 Å². The lowest BCUT2D eigenvalue weighted by Crippen LogP contribution is -2.13. The molecule has 0 aliphatic carbocycles. The van der Waals surface area contributed by atoms with Crippen LogP contribution in [0.4, 0.5) is 5.69 Å². The van der Waals surface area contributed by atoms with Crippen molar-refractivity contribution in [2.75, 3.05) is 5.32 Å². The number of nitriles is 1. The van der Waals surface area contributed by atoms with Gasteiger partial charge in [-0.05, 0) is 61.5 Å². The number of benzene rings is 3. The van der Waals surface area contributed by atoms with Crippen molar-refractivity contribution < 1.29 is 14.3 Å². The summed E-state index contributed by atoms with van der Waals surface area (Å²) in [5, 5.41) is 12.6. The third kappa shape index (κ3) is 6.05. The van der Waals surface area contributed by atoms with Gasteiger partial charge in [-0.25, -0.2) is 4.79 Å². The zero-order valence-electron chi connectivity index (χ0n) is 16.4. The van der Waals surface area contributed by atoms with Gasteiger partial charge in [0.05, 0.1) is 5.56 Å². The third-order valence-electron chi connectivity index (χ3n) is 4.21. The predicted molar refractivity (Wildman–Crippen MR) is 124 cm³/mol. The largest absolute Gasteiger partial charge is 0.422 e. The van der Waals surface area contributed by atoms with E-state index in [1.54, 1.807) is 54.6 Å². The molecule has 0 fully saturated rings. The summed E-state index contributed by atoms with van der Waals surface area (Å²) in [7, 11) is 0. The Kier molecular flexibility index (Phi) is 7.24. The highest BCUT2D eigenvalue weighted by molar-refractivity contribution is 9.10. The highest BCUT2D eigenvalue weighted by atomic mass is 79.9. The summed E-state index contributed by atoms with van der Waals surface area (Å²) in [5.41, 5.74) is 2.10. The Bertz CT molecular complexity index is 1210. The number of hydrogen-bond acceptors (Lipinski definition) is 4. The summed E-state index contributed by atoms with van der Waals surface area (Å²) in [6.07, 6.45) is 1.36. The molecule has 31 heavy (non-hydrogen) atoms. The van der Waals surface area contributed by atoms with Crippen LogP contribution in [-0.2, 0) is 4.79 Å². The van der Waals surface area contributed by atoms with Crippen LogP contribution in [0.25, 0.3) is 6.08 Å². The number of hydrogen-bond donors (Lipinski definition) is 1. The van der Waals surface area contributed by atoms with Crippen molar-refractivity contribution in [3.8, 4) is 11.8 Å². The van der Waals surface area contributed by atoms with Gasteiger partial charge in [0.15, 0.2) is 0 Å². The molecule has 1 N–H and O–H groups in total. The zero-order valence-corrected chi connectivity index (χ0v) is 18.7. The molecule has 0 aliphatic rings. The Morgan fingerprint density at radius 1 is 1.10 bits per heavy atom. The minimum Gasteiger partial charge on any atom is -0.422 e. The van der Waals surface area contributed by atoms with Gasteiger partial charge >= 0.3 is 5.97 Å². The lowest BCUT2D eigenvalue weighted by Gasteiger charge is -2.10. The number of halogens is 2. The van der Waals surface area contributed by atoms with E-state index >= 15 is 0 Å². The van der Waals surface area contributed by atoms with Gasteiger partial charge in [-0.15, -0.1) is 0 Å². The first kappa shape index (κ1) is 22.3. The molecule has 5 nitrogen and oxygen atoms in total. The standard InChI is InChI=1S/C24H16BrClN2O3/c1-15-5-7-16(8-6-15)24(30)31-22-10-9-19(25)12-17(22)11-18(14-27)23(29)28-21-4-2-3-20(26)13-21/h2-13H,1H3,(H,28,29)/b18-11+. The van der Waals surface area contributed by atoms with Crippen LogP contribution in [0.5, 0.6) is 5.75 Å². The lowest BCUT2D eigenvalue weighted by atomic mass is 10.1. The molecular weight excluding hydrogens is 480 g/mol. The molecule has 154 valence electrons. The fourth-order valence-electron chi connectivity index (χ4n) is 2.64. The quantitative estimate of drug-likeness (QED) is 0.198. The summed E-state index contributed by atoms with van der Waals surface area (Å²) < 4.78 is 6.22. The average Bonchev–Trinajstić information content (AvgIpc) is 2.74. The first-order valence-corrected chi connectivity index (χ1v) is 10.3. The van der Waals surface area contributed by atoms with E-state index in [-0.39, 0.29) is 11.3 Å². The Morgan fingerprint density at radius 2 is 1.84 bits per heavy atom. The number of aryl methyl sites for hydroxylation is 1. The van der Waals surface area contributed by atoms with Crippen molar-refractivity contribution in [3.63, 3.8) is 0 Å². The van der Waals surface area contributed by atoms with E-state index < -0.39 is 11.9 Å². The number of esters is 1. The van der Waals surface area contributed by atoms with Crippen molar-refractivity contribution in [2.24, 2.45) is 0 Å². The van der Waals surface area contributed by atoms with Crippen LogP contribution in [0.1, 0.15) is 21.5 Å². The van der Waals surface area contributed by atoms with E-state index in [0.717, 1.165) is 5.56 Å². The molecule has 7 heteroatoms. The molecule has 3 aromatic rings. The summed E-state index contributed by atoms with van der Waals surface area (Å²) in [4.78, 5) is 25.1. The Balaban J connectivity index is 1.88. The molecular formula is C24H16BrClN2O3. The second-order valence-corrected chi connectivity index (χ2v) is 7.92. The lowest BCUT2D eigenvalue weighted by molar-refractivity contribution is -0.112. The van der Waals surface area contributed by atoms with Crippen LogP contribution in [0.15, 0.2) is 76.8 Å². The normalized spacial score (nSPS) is 10.8. The van der Waals surface area contributed by atoms with Crippen LogP contribution in [0.2, 0.25) is 5.02 Å². The molecule has 1 amide bonds. The van der Waals surface area contributed by atoms with Gasteiger partial charge in [-0.3, -0.25) is 4.79 Å². The monoisotopic (exact) mass is 494 g/mol. The third-order valence-corrected chi connectivity index (χ3v) is 4.94. The van der Waals surface area contributed by atoms with Gasteiger partial charge in [-0.1, -0.05) is 51.3 Å². The van der Waals surface area contributed by atoms with Crippen LogP contribution < -0.4 is 10.1 Å². The van der Waals surface area contributed by atoms with Gasteiger partial charge in [0.25, 0.3) is 5.91 Å². The number of anilines is 1. The fourth-order valence-corrected chi connectivity index (χ4v) is 3.21. The van der Waals surface area contributed by atoms with Gasteiger partial charge in [0.2, 0.25) is 0 Å². The van der Waals surface area contributed by atoms with Gasteiger partial charge in [-0.2, -0.15) is 5.26 Å². The molecule has 0 saturated carbocycles. The van der Waals surface area contributed by atoms with Crippen molar-refractivity contribution in [2.45, 2.75) is 6.92 Å². The summed E-state index contributed by atoms with van der Waals surface area (Å²) in [5.74, 6) is -0.934. The molecule has 0 aromatic heterocycles. The van der Waals surface area contributed by atoms with Gasteiger partial charge in [0, 0.05) is 20.7 Å². The molecule has 0 aliphatic heterocycles. The molecule has 0 spiro atoms. The maximum Gasteiger partial charge on any atom is 0.343 e. The fraction of sp³-hybridized carbons (Fsp3) is 0.0417. The number of rotatable bonds is 5. The summed E-state index contributed by atoms with van der Waals surface area (Å²) >= 11 is 9.29. The summed E-state index contributed by atoms with van der Waals surface area (Å²) in [6.45, 7) is 1.92. The van der Waals surface area contributed by atoms with Crippen molar-refractivity contribution in [1.29, 1.82) is 5.26 Å². The van der Waals surface area contributed by atoms with Crippen molar-refractivity contribution in [3.05, 3.63) is 98.5 Å². The minimum atomic E-state index is -0.611. The smallest absolute Gasteiger partial charge is 0.343 e. The van der Waals surface area contributed by atoms with Crippen molar-refractivity contribution >= 4 is 51.2 Å². The van der Waals surface area contributed by atoms with Gasteiger partial charge < -0.3 is 10.1 Å². The SMILES string of the molecule is Cc1ccc(C(=O)Oc2ccc(Br)cc2/C=C(\C#N)C(=O)Nc2cccc(Cl)c2)cc1. The number of nitrogens with zero attached hydrogens (tertiary/aromatic N) is 1. The van der Waals surface area contributed by atoms with E-state index in [1.165, 1.54) is 6.08 Å². The Morgan fingerprint density at radius 3 is 2.52 bits per heavy atom. The molecule has 3 aromatic carbocycles. The number of carbonyl (C=O) groups is 2. The van der Waals surface area contributed by atoms with Crippen LogP contribution >= 0.6 is 27.5 Å². The topological polar surface area (TPSA) is 79.2 Å².